The van der Waals surface area contributed by atoms with E-state index in [-0.39, 0.29) is 0 Å². The highest BCUT2D eigenvalue weighted by molar-refractivity contribution is 14.1. The number of hydrogen-bond acceptors (Lipinski definition) is 1. The quantitative estimate of drug-likeness (QED) is 0.676. The van der Waals surface area contributed by atoms with Gasteiger partial charge in [-0.05, 0) is 50.7 Å². The highest BCUT2D eigenvalue weighted by atomic mass is 127. The molecule has 0 aliphatic heterocycles. The standard InChI is InChI=1S/C8H6BrIN2/c1-12-7-3-2-6(9)8(10)5(7)4-11-12/h2-4H,1H3. The van der Waals surface area contributed by atoms with Crippen LogP contribution in [0.1, 0.15) is 0 Å². The summed E-state index contributed by atoms with van der Waals surface area (Å²) < 4.78 is 4.23. The number of rotatable bonds is 0. The molecule has 0 saturated carbocycles. The number of aromatic nitrogens is 2. The molecule has 1 aromatic carbocycles. The van der Waals surface area contributed by atoms with Gasteiger partial charge in [-0.3, -0.25) is 4.68 Å². The molecular formula is C8H6BrIN2. The van der Waals surface area contributed by atoms with E-state index in [1.807, 2.05) is 24.0 Å². The minimum atomic E-state index is 1.13. The van der Waals surface area contributed by atoms with Gasteiger partial charge in [0.15, 0.2) is 0 Å². The summed E-state index contributed by atoms with van der Waals surface area (Å²) >= 11 is 5.80. The second-order valence-corrected chi connectivity index (χ2v) is 4.50. The van der Waals surface area contributed by atoms with Crippen molar-refractivity contribution in [3.63, 3.8) is 0 Å². The first-order valence-electron chi connectivity index (χ1n) is 3.46. The molecule has 4 heteroatoms. The van der Waals surface area contributed by atoms with Crippen LogP contribution in [0, 0.1) is 3.57 Å². The van der Waals surface area contributed by atoms with Gasteiger partial charge in [-0.1, -0.05) is 0 Å². The van der Waals surface area contributed by atoms with Gasteiger partial charge in [-0.25, -0.2) is 0 Å². The second-order valence-electron chi connectivity index (χ2n) is 2.56. The molecule has 62 valence electrons. The predicted molar refractivity (Wildman–Crippen MR) is 61.1 cm³/mol. The zero-order chi connectivity index (χ0) is 8.72. The maximum absolute atomic E-state index is 4.19. The van der Waals surface area contributed by atoms with Gasteiger partial charge in [-0.15, -0.1) is 0 Å². The molecule has 2 nitrogen and oxygen atoms in total. The molecule has 0 unspecified atom stereocenters. The Morgan fingerprint density at radius 1 is 1.50 bits per heavy atom. The molecule has 0 spiro atoms. The number of aryl methyl sites for hydroxylation is 1. The summed E-state index contributed by atoms with van der Waals surface area (Å²) in [6, 6.07) is 4.11. The van der Waals surface area contributed by atoms with Crippen LogP contribution in [0.15, 0.2) is 22.8 Å². The molecule has 0 bridgehead atoms. The van der Waals surface area contributed by atoms with Crippen molar-refractivity contribution in [2.75, 3.05) is 0 Å². The molecule has 0 aliphatic carbocycles. The van der Waals surface area contributed by atoms with Crippen LogP contribution < -0.4 is 0 Å². The summed E-state index contributed by atoms with van der Waals surface area (Å²) in [6.07, 6.45) is 1.89. The van der Waals surface area contributed by atoms with Crippen LogP contribution in [0.2, 0.25) is 0 Å². The summed E-state index contributed by atoms with van der Waals surface area (Å²) in [5.41, 5.74) is 1.17. The number of benzene rings is 1. The van der Waals surface area contributed by atoms with Gasteiger partial charge < -0.3 is 0 Å². The molecule has 0 N–H and O–H groups in total. The fourth-order valence-corrected chi connectivity index (χ4v) is 2.11. The molecule has 12 heavy (non-hydrogen) atoms. The average Bonchev–Trinajstić information content (AvgIpc) is 2.41. The van der Waals surface area contributed by atoms with Gasteiger partial charge in [0.2, 0.25) is 0 Å². The summed E-state index contributed by atoms with van der Waals surface area (Å²) in [4.78, 5) is 0. The summed E-state index contributed by atoms with van der Waals surface area (Å²) in [6.45, 7) is 0. The first-order chi connectivity index (χ1) is 5.70. The zero-order valence-electron chi connectivity index (χ0n) is 6.38. The summed E-state index contributed by atoms with van der Waals surface area (Å²) in [7, 11) is 1.95. The normalized spacial score (nSPS) is 10.9. The molecular weight excluding hydrogens is 331 g/mol. The van der Waals surface area contributed by atoms with E-state index in [2.05, 4.69) is 49.7 Å². The van der Waals surface area contributed by atoms with E-state index < -0.39 is 0 Å². The van der Waals surface area contributed by atoms with Gasteiger partial charge in [0, 0.05) is 20.5 Å². The number of fused-ring (bicyclic) bond motifs is 1. The fraction of sp³-hybridized carbons (Fsp3) is 0.125. The van der Waals surface area contributed by atoms with E-state index in [4.69, 9.17) is 0 Å². The van der Waals surface area contributed by atoms with Crippen molar-refractivity contribution in [3.8, 4) is 0 Å². The maximum atomic E-state index is 4.19. The SMILES string of the molecule is Cn1ncc2c(I)c(Br)ccc21. The Balaban J connectivity index is 2.93. The number of nitrogens with zero attached hydrogens (tertiary/aromatic N) is 2. The lowest BCUT2D eigenvalue weighted by atomic mass is 10.3. The minimum absolute atomic E-state index is 1.13. The number of halogens is 2. The summed E-state index contributed by atoms with van der Waals surface area (Å²) in [5.74, 6) is 0. The van der Waals surface area contributed by atoms with Gasteiger partial charge in [0.25, 0.3) is 0 Å². The Morgan fingerprint density at radius 2 is 2.25 bits per heavy atom. The van der Waals surface area contributed by atoms with Crippen molar-refractivity contribution in [2.45, 2.75) is 0 Å². The van der Waals surface area contributed by atoms with E-state index >= 15 is 0 Å². The third-order valence-corrected chi connectivity index (χ3v) is 4.38. The van der Waals surface area contributed by atoms with Crippen molar-refractivity contribution < 1.29 is 0 Å². The van der Waals surface area contributed by atoms with Gasteiger partial charge in [0.05, 0.1) is 11.7 Å². The Hall–Kier alpha value is -0.100. The van der Waals surface area contributed by atoms with Crippen LogP contribution in [0.5, 0.6) is 0 Å². The Labute approximate surface area is 92.2 Å². The van der Waals surface area contributed by atoms with E-state index in [1.165, 1.54) is 14.5 Å². The van der Waals surface area contributed by atoms with Crippen molar-refractivity contribution in [1.82, 2.24) is 9.78 Å². The molecule has 0 saturated heterocycles. The van der Waals surface area contributed by atoms with Crippen molar-refractivity contribution in [3.05, 3.63) is 26.4 Å². The van der Waals surface area contributed by atoms with Crippen molar-refractivity contribution >= 4 is 49.4 Å². The van der Waals surface area contributed by atoms with Crippen molar-refractivity contribution in [2.24, 2.45) is 7.05 Å². The molecule has 2 rings (SSSR count). The maximum Gasteiger partial charge on any atom is 0.0690 e. The van der Waals surface area contributed by atoms with E-state index in [0.717, 1.165) is 4.47 Å². The monoisotopic (exact) mass is 336 g/mol. The first kappa shape index (κ1) is 8.50. The summed E-state index contributed by atoms with van der Waals surface area (Å²) in [5, 5.41) is 5.39. The molecule has 0 atom stereocenters. The van der Waals surface area contributed by atoms with Crippen LogP contribution in [-0.4, -0.2) is 9.78 Å². The highest BCUT2D eigenvalue weighted by Gasteiger charge is 2.05. The fourth-order valence-electron chi connectivity index (χ4n) is 1.17. The zero-order valence-corrected chi connectivity index (χ0v) is 10.1. The minimum Gasteiger partial charge on any atom is -0.268 e. The van der Waals surface area contributed by atoms with Crippen molar-refractivity contribution in [1.29, 1.82) is 0 Å². The van der Waals surface area contributed by atoms with E-state index in [0.29, 0.717) is 0 Å². The molecule has 1 aromatic heterocycles. The first-order valence-corrected chi connectivity index (χ1v) is 5.33. The lowest BCUT2D eigenvalue weighted by Crippen LogP contribution is -1.88. The Kier molecular flexibility index (Phi) is 2.12. The molecule has 0 fully saturated rings. The average molecular weight is 337 g/mol. The van der Waals surface area contributed by atoms with Crippen LogP contribution in [0.25, 0.3) is 10.9 Å². The van der Waals surface area contributed by atoms with Gasteiger partial charge in [-0.2, -0.15) is 5.10 Å². The molecule has 0 aliphatic rings. The van der Waals surface area contributed by atoms with Crippen LogP contribution in [-0.2, 0) is 7.05 Å². The molecule has 0 amide bonds. The van der Waals surface area contributed by atoms with E-state index in [1.54, 1.807) is 0 Å². The van der Waals surface area contributed by atoms with Gasteiger partial charge in [0.1, 0.15) is 0 Å². The molecule has 0 radical (unpaired) electrons. The van der Waals surface area contributed by atoms with Gasteiger partial charge >= 0.3 is 0 Å². The largest absolute Gasteiger partial charge is 0.268 e. The Bertz CT molecular complexity index is 436. The number of hydrogen-bond donors (Lipinski definition) is 0. The smallest absolute Gasteiger partial charge is 0.0690 e. The van der Waals surface area contributed by atoms with Crippen LogP contribution in [0.4, 0.5) is 0 Å². The highest BCUT2D eigenvalue weighted by Crippen LogP contribution is 2.27. The Morgan fingerprint density at radius 3 is 3.00 bits per heavy atom. The lowest BCUT2D eigenvalue weighted by Gasteiger charge is -1.97. The van der Waals surface area contributed by atoms with Crippen LogP contribution >= 0.6 is 38.5 Å². The topological polar surface area (TPSA) is 17.8 Å². The predicted octanol–water partition coefficient (Wildman–Crippen LogP) is 2.94. The van der Waals surface area contributed by atoms with E-state index in [9.17, 15) is 0 Å². The lowest BCUT2D eigenvalue weighted by molar-refractivity contribution is 0.797. The van der Waals surface area contributed by atoms with Crippen LogP contribution in [0.3, 0.4) is 0 Å². The third kappa shape index (κ3) is 1.17. The molecule has 1 heterocycles. The third-order valence-electron chi connectivity index (χ3n) is 1.82. The second kappa shape index (κ2) is 2.99. The molecule has 2 aromatic rings.